The maximum absolute atomic E-state index is 13.8. The van der Waals surface area contributed by atoms with Gasteiger partial charge in [-0.2, -0.15) is 0 Å². The average molecular weight is 293 g/mol. The highest BCUT2D eigenvalue weighted by Gasteiger charge is 2.06. The van der Waals surface area contributed by atoms with Crippen LogP contribution in [-0.4, -0.2) is 21.7 Å². The molecule has 3 rings (SSSR count). The lowest BCUT2D eigenvalue weighted by molar-refractivity contribution is 0.632. The van der Waals surface area contributed by atoms with Gasteiger partial charge in [0.1, 0.15) is 18.0 Å². The summed E-state index contributed by atoms with van der Waals surface area (Å²) in [5, 5.41) is 2.92. The fraction of sp³-hybridized carbons (Fsp3) is 0. The molecule has 2 aromatic heterocycles. The highest BCUT2D eigenvalue weighted by Crippen LogP contribution is 2.25. The Morgan fingerprint density at radius 3 is 2.82 bits per heavy atom. The molecule has 22 heavy (non-hydrogen) atoms. The van der Waals surface area contributed by atoms with Crippen molar-refractivity contribution in [2.75, 3.05) is 5.32 Å². The van der Waals surface area contributed by atoms with E-state index in [9.17, 15) is 4.39 Å². The molecule has 0 amide bonds. The summed E-state index contributed by atoms with van der Waals surface area (Å²) in [6, 6.07) is 9.88. The minimum atomic E-state index is -0.394. The molecule has 0 aliphatic rings. The molecule has 0 unspecified atom stereocenters. The van der Waals surface area contributed by atoms with E-state index in [1.54, 1.807) is 30.6 Å². The fourth-order valence-corrected chi connectivity index (χ4v) is 1.94. The second-order valence-electron chi connectivity index (χ2n) is 4.48. The molecule has 0 aliphatic carbocycles. The predicted molar refractivity (Wildman–Crippen MR) is 84.2 cm³/mol. The number of aromatic nitrogens is 3. The number of benzene rings is 1. The minimum absolute atomic E-state index is 0.278. The third kappa shape index (κ3) is 2.95. The van der Waals surface area contributed by atoms with Crippen LogP contribution in [0.25, 0.3) is 11.3 Å². The topological polar surface area (TPSA) is 63.1 Å². The van der Waals surface area contributed by atoms with Crippen molar-refractivity contribution in [3.05, 3.63) is 60.9 Å². The second kappa shape index (κ2) is 6.09. The van der Waals surface area contributed by atoms with Gasteiger partial charge >= 0.3 is 0 Å². The van der Waals surface area contributed by atoms with Crippen LogP contribution in [0.5, 0.6) is 0 Å². The lowest BCUT2D eigenvalue weighted by atomic mass is 10.2. The lowest BCUT2D eigenvalue weighted by Crippen LogP contribution is -1.97. The molecule has 5 nitrogen and oxygen atoms in total. The zero-order valence-corrected chi connectivity index (χ0v) is 11.6. The van der Waals surface area contributed by atoms with Gasteiger partial charge in [0.2, 0.25) is 0 Å². The van der Waals surface area contributed by atoms with Crippen LogP contribution in [0.1, 0.15) is 0 Å². The molecule has 0 atom stereocenters. The first-order valence-corrected chi connectivity index (χ1v) is 6.52. The van der Waals surface area contributed by atoms with E-state index in [0.29, 0.717) is 17.2 Å². The van der Waals surface area contributed by atoms with E-state index < -0.39 is 5.82 Å². The molecule has 2 heterocycles. The van der Waals surface area contributed by atoms with Gasteiger partial charge in [-0.05, 0) is 37.0 Å². The van der Waals surface area contributed by atoms with Crippen LogP contribution < -0.4 is 5.32 Å². The van der Waals surface area contributed by atoms with Crippen molar-refractivity contribution >= 4 is 23.9 Å². The second-order valence-corrected chi connectivity index (χ2v) is 4.48. The van der Waals surface area contributed by atoms with Crippen molar-refractivity contribution in [2.45, 2.75) is 0 Å². The van der Waals surface area contributed by atoms with Crippen LogP contribution in [0.3, 0.4) is 0 Å². The molecule has 0 aliphatic heterocycles. The molecule has 6 heteroatoms. The molecule has 0 saturated carbocycles. The summed E-state index contributed by atoms with van der Waals surface area (Å²) in [5.74, 6) is 0.0860. The summed E-state index contributed by atoms with van der Waals surface area (Å²) in [5.41, 5.74) is 2.41. The van der Waals surface area contributed by atoms with E-state index >= 15 is 0 Å². The van der Waals surface area contributed by atoms with E-state index in [0.717, 1.165) is 5.56 Å². The van der Waals surface area contributed by atoms with E-state index in [-0.39, 0.29) is 5.69 Å². The summed E-state index contributed by atoms with van der Waals surface area (Å²) >= 11 is 0. The number of halogens is 1. The van der Waals surface area contributed by atoms with Crippen molar-refractivity contribution in [1.29, 1.82) is 0 Å². The summed E-state index contributed by atoms with van der Waals surface area (Å²) < 4.78 is 13.8. The van der Waals surface area contributed by atoms with Gasteiger partial charge in [-0.1, -0.05) is 0 Å². The van der Waals surface area contributed by atoms with E-state index in [1.807, 2.05) is 12.1 Å². The van der Waals surface area contributed by atoms with Crippen LogP contribution in [0, 0.1) is 5.82 Å². The summed E-state index contributed by atoms with van der Waals surface area (Å²) in [7, 11) is 0. The van der Waals surface area contributed by atoms with Gasteiger partial charge in [0.25, 0.3) is 0 Å². The molecule has 0 bridgehead atoms. The number of anilines is 2. The predicted octanol–water partition coefficient (Wildman–Crippen LogP) is 3.75. The van der Waals surface area contributed by atoms with Crippen molar-refractivity contribution in [3.63, 3.8) is 0 Å². The van der Waals surface area contributed by atoms with Crippen molar-refractivity contribution in [1.82, 2.24) is 15.0 Å². The van der Waals surface area contributed by atoms with Crippen molar-refractivity contribution < 1.29 is 4.39 Å². The van der Waals surface area contributed by atoms with Crippen LogP contribution in [0.15, 0.2) is 60.1 Å². The van der Waals surface area contributed by atoms with Gasteiger partial charge < -0.3 is 5.32 Å². The van der Waals surface area contributed by atoms with Gasteiger partial charge in [0.05, 0.1) is 17.1 Å². The zero-order valence-electron chi connectivity index (χ0n) is 11.6. The van der Waals surface area contributed by atoms with Crippen molar-refractivity contribution in [3.8, 4) is 11.3 Å². The average Bonchev–Trinajstić information content (AvgIpc) is 2.58. The van der Waals surface area contributed by atoms with E-state index in [1.165, 1.54) is 12.4 Å². The third-order valence-corrected chi connectivity index (χ3v) is 3.02. The summed E-state index contributed by atoms with van der Waals surface area (Å²) in [6.45, 7) is 3.43. The molecular formula is C16H12FN5. The molecule has 108 valence electrons. The Morgan fingerprint density at radius 2 is 2.05 bits per heavy atom. The number of hydrogen-bond donors (Lipinski definition) is 1. The lowest BCUT2D eigenvalue weighted by Gasteiger charge is -2.08. The molecular weight excluding hydrogens is 281 g/mol. The number of pyridine rings is 1. The first-order valence-electron chi connectivity index (χ1n) is 6.52. The van der Waals surface area contributed by atoms with E-state index in [4.69, 9.17) is 0 Å². The summed E-state index contributed by atoms with van der Waals surface area (Å²) in [4.78, 5) is 16.1. The normalized spacial score (nSPS) is 10.2. The van der Waals surface area contributed by atoms with Gasteiger partial charge in [0.15, 0.2) is 0 Å². The Hall–Kier alpha value is -3.15. The SMILES string of the molecule is C=Nc1ccc(F)c(Nc2cc(-c3cccnc3)ncn2)c1. The van der Waals surface area contributed by atoms with Crippen LogP contribution >= 0.6 is 0 Å². The maximum Gasteiger partial charge on any atom is 0.146 e. The highest BCUT2D eigenvalue weighted by molar-refractivity contribution is 5.67. The van der Waals surface area contributed by atoms with Gasteiger partial charge in [-0.15, -0.1) is 0 Å². The number of nitrogens with zero attached hydrogens (tertiary/aromatic N) is 4. The Balaban J connectivity index is 1.92. The Bertz CT molecular complexity index is 805. The van der Waals surface area contributed by atoms with Crippen molar-refractivity contribution in [2.24, 2.45) is 4.99 Å². The van der Waals surface area contributed by atoms with Gasteiger partial charge in [0, 0.05) is 24.0 Å². The van der Waals surface area contributed by atoms with Crippen LogP contribution in [0.4, 0.5) is 21.6 Å². The largest absolute Gasteiger partial charge is 0.338 e. The van der Waals surface area contributed by atoms with Gasteiger partial charge in [-0.25, -0.2) is 14.4 Å². The number of hydrogen-bond acceptors (Lipinski definition) is 5. The first-order chi connectivity index (χ1) is 10.8. The van der Waals surface area contributed by atoms with Crippen LogP contribution in [-0.2, 0) is 0 Å². The summed E-state index contributed by atoms with van der Waals surface area (Å²) in [6.07, 6.45) is 4.81. The Labute approximate surface area is 126 Å². The van der Waals surface area contributed by atoms with Crippen LogP contribution in [0.2, 0.25) is 0 Å². The molecule has 0 fully saturated rings. The number of aliphatic imine (C=N–C) groups is 1. The number of rotatable bonds is 4. The highest BCUT2D eigenvalue weighted by atomic mass is 19.1. The van der Waals surface area contributed by atoms with Gasteiger partial charge in [-0.3, -0.25) is 9.98 Å². The molecule has 0 saturated heterocycles. The molecule has 0 radical (unpaired) electrons. The first kappa shape index (κ1) is 13.8. The smallest absolute Gasteiger partial charge is 0.146 e. The fourth-order valence-electron chi connectivity index (χ4n) is 1.94. The third-order valence-electron chi connectivity index (χ3n) is 3.02. The quantitative estimate of drug-likeness (QED) is 0.744. The zero-order chi connectivity index (χ0) is 15.4. The molecule has 3 aromatic rings. The molecule has 0 spiro atoms. The molecule has 1 aromatic carbocycles. The minimum Gasteiger partial charge on any atom is -0.338 e. The Kier molecular flexibility index (Phi) is 3.82. The maximum atomic E-state index is 13.8. The number of nitrogens with one attached hydrogen (secondary N) is 1. The monoisotopic (exact) mass is 293 g/mol. The van der Waals surface area contributed by atoms with E-state index in [2.05, 4.69) is 32.0 Å². The standard InChI is InChI=1S/C16H12FN5/c1-18-12-4-5-13(17)15(7-12)22-16-8-14(20-10-21-16)11-3-2-6-19-9-11/h2-10H,1H2,(H,20,21,22). The molecule has 1 N–H and O–H groups in total. The Morgan fingerprint density at radius 1 is 1.14 bits per heavy atom.